The van der Waals surface area contributed by atoms with E-state index in [9.17, 15) is 0 Å². The van der Waals surface area contributed by atoms with E-state index in [-0.39, 0.29) is 0 Å². The van der Waals surface area contributed by atoms with Gasteiger partial charge < -0.3 is 10.1 Å². The maximum absolute atomic E-state index is 5.97. The minimum absolute atomic E-state index is 0.490. The number of benzene rings is 2. The Morgan fingerprint density at radius 1 is 1.00 bits per heavy atom. The average Bonchev–Trinajstić information content (AvgIpc) is 2.45. The van der Waals surface area contributed by atoms with Crippen molar-refractivity contribution >= 4 is 0 Å². The SMILES string of the molecule is Cc1cccc(C)c1COc1cccc(CNC(C)C)c1. The van der Waals surface area contributed by atoms with Gasteiger partial charge in [0.05, 0.1) is 0 Å². The highest BCUT2D eigenvalue weighted by Crippen LogP contribution is 2.19. The van der Waals surface area contributed by atoms with Gasteiger partial charge in [-0.05, 0) is 48.2 Å². The lowest BCUT2D eigenvalue weighted by Gasteiger charge is -2.13. The van der Waals surface area contributed by atoms with Crippen molar-refractivity contribution in [2.75, 3.05) is 0 Å². The van der Waals surface area contributed by atoms with Gasteiger partial charge in [0, 0.05) is 12.6 Å². The first-order valence-corrected chi connectivity index (χ1v) is 7.56. The average molecular weight is 283 g/mol. The van der Waals surface area contributed by atoms with E-state index in [1.54, 1.807) is 0 Å². The molecule has 0 fully saturated rings. The van der Waals surface area contributed by atoms with E-state index in [2.05, 4.69) is 69.4 Å². The molecule has 0 aliphatic heterocycles. The molecule has 0 heterocycles. The van der Waals surface area contributed by atoms with Crippen LogP contribution >= 0.6 is 0 Å². The molecule has 0 aromatic heterocycles. The fraction of sp³-hybridized carbons (Fsp3) is 0.368. The number of ether oxygens (including phenoxy) is 1. The topological polar surface area (TPSA) is 21.3 Å². The zero-order chi connectivity index (χ0) is 15.2. The van der Waals surface area contributed by atoms with Crippen molar-refractivity contribution in [3.63, 3.8) is 0 Å². The van der Waals surface area contributed by atoms with Gasteiger partial charge in [0.1, 0.15) is 12.4 Å². The molecule has 21 heavy (non-hydrogen) atoms. The number of nitrogens with one attached hydrogen (secondary N) is 1. The molecule has 0 saturated heterocycles. The molecule has 2 nitrogen and oxygen atoms in total. The Balaban J connectivity index is 2.01. The molecule has 2 heteroatoms. The van der Waals surface area contributed by atoms with Crippen molar-refractivity contribution < 1.29 is 4.74 Å². The molecule has 0 radical (unpaired) electrons. The van der Waals surface area contributed by atoms with Crippen molar-refractivity contribution in [2.24, 2.45) is 0 Å². The highest BCUT2D eigenvalue weighted by atomic mass is 16.5. The summed E-state index contributed by atoms with van der Waals surface area (Å²) >= 11 is 0. The van der Waals surface area contributed by atoms with Gasteiger partial charge in [0.25, 0.3) is 0 Å². The summed E-state index contributed by atoms with van der Waals surface area (Å²) in [6.45, 7) is 10.1. The van der Waals surface area contributed by atoms with Gasteiger partial charge in [0.15, 0.2) is 0 Å². The lowest BCUT2D eigenvalue weighted by molar-refractivity contribution is 0.304. The Hall–Kier alpha value is -1.80. The van der Waals surface area contributed by atoms with Crippen LogP contribution in [0.15, 0.2) is 42.5 Å². The van der Waals surface area contributed by atoms with Crippen LogP contribution in [0.4, 0.5) is 0 Å². The molecular weight excluding hydrogens is 258 g/mol. The minimum atomic E-state index is 0.490. The first-order valence-electron chi connectivity index (χ1n) is 7.56. The quantitative estimate of drug-likeness (QED) is 0.849. The molecule has 2 aromatic rings. The molecule has 2 aromatic carbocycles. The maximum atomic E-state index is 5.97. The predicted molar refractivity (Wildman–Crippen MR) is 88.7 cm³/mol. The molecule has 1 N–H and O–H groups in total. The Morgan fingerprint density at radius 3 is 2.33 bits per heavy atom. The number of hydrogen-bond donors (Lipinski definition) is 1. The third-order valence-electron chi connectivity index (χ3n) is 3.64. The van der Waals surface area contributed by atoms with E-state index < -0.39 is 0 Å². The molecule has 0 unspecified atom stereocenters. The predicted octanol–water partition coefficient (Wildman–Crippen LogP) is 4.38. The summed E-state index contributed by atoms with van der Waals surface area (Å²) in [6, 6.07) is 15.2. The van der Waals surface area contributed by atoms with Crippen LogP contribution in [0.1, 0.15) is 36.1 Å². The van der Waals surface area contributed by atoms with E-state index in [4.69, 9.17) is 4.74 Å². The van der Waals surface area contributed by atoms with Crippen LogP contribution in [0.5, 0.6) is 5.75 Å². The lowest BCUT2D eigenvalue weighted by Crippen LogP contribution is -2.21. The summed E-state index contributed by atoms with van der Waals surface area (Å²) in [6.07, 6.45) is 0. The van der Waals surface area contributed by atoms with E-state index in [0.29, 0.717) is 12.6 Å². The summed E-state index contributed by atoms with van der Waals surface area (Å²) in [5, 5.41) is 3.43. The van der Waals surface area contributed by atoms with Crippen molar-refractivity contribution in [1.29, 1.82) is 0 Å². The molecule has 112 valence electrons. The third-order valence-corrected chi connectivity index (χ3v) is 3.64. The summed E-state index contributed by atoms with van der Waals surface area (Å²) in [5.41, 5.74) is 5.10. The molecule has 0 bridgehead atoms. The zero-order valence-corrected chi connectivity index (χ0v) is 13.4. The number of aryl methyl sites for hydroxylation is 2. The minimum Gasteiger partial charge on any atom is -0.489 e. The van der Waals surface area contributed by atoms with E-state index >= 15 is 0 Å². The maximum Gasteiger partial charge on any atom is 0.120 e. The first kappa shape index (κ1) is 15.6. The van der Waals surface area contributed by atoms with Gasteiger partial charge in [-0.1, -0.05) is 44.2 Å². The summed E-state index contributed by atoms with van der Waals surface area (Å²) in [7, 11) is 0. The van der Waals surface area contributed by atoms with Crippen LogP contribution in [0.3, 0.4) is 0 Å². The largest absolute Gasteiger partial charge is 0.489 e. The Bertz CT molecular complexity index is 570. The summed E-state index contributed by atoms with van der Waals surface area (Å²) < 4.78 is 5.97. The number of rotatable bonds is 6. The van der Waals surface area contributed by atoms with Crippen LogP contribution < -0.4 is 10.1 Å². The second kappa shape index (κ2) is 7.28. The van der Waals surface area contributed by atoms with Crippen LogP contribution in [0.2, 0.25) is 0 Å². The third kappa shape index (κ3) is 4.61. The Kier molecular flexibility index (Phi) is 5.40. The highest BCUT2D eigenvalue weighted by Gasteiger charge is 2.04. The van der Waals surface area contributed by atoms with E-state index in [1.807, 2.05) is 6.07 Å². The van der Waals surface area contributed by atoms with Crippen LogP contribution in [-0.2, 0) is 13.2 Å². The zero-order valence-electron chi connectivity index (χ0n) is 13.4. The van der Waals surface area contributed by atoms with E-state index in [1.165, 1.54) is 22.3 Å². The number of hydrogen-bond acceptors (Lipinski definition) is 2. The molecule has 0 spiro atoms. The second-order valence-corrected chi connectivity index (χ2v) is 5.84. The van der Waals surface area contributed by atoms with Crippen LogP contribution in [0, 0.1) is 13.8 Å². The van der Waals surface area contributed by atoms with Gasteiger partial charge in [0.2, 0.25) is 0 Å². The van der Waals surface area contributed by atoms with Gasteiger partial charge in [-0.3, -0.25) is 0 Å². The lowest BCUT2D eigenvalue weighted by atomic mass is 10.0. The molecular formula is C19H25NO. The molecule has 0 saturated carbocycles. The first-order chi connectivity index (χ1) is 10.1. The monoisotopic (exact) mass is 283 g/mol. The molecule has 2 rings (SSSR count). The van der Waals surface area contributed by atoms with Crippen molar-refractivity contribution in [1.82, 2.24) is 5.32 Å². The Morgan fingerprint density at radius 2 is 1.67 bits per heavy atom. The van der Waals surface area contributed by atoms with E-state index in [0.717, 1.165) is 12.3 Å². The van der Waals surface area contributed by atoms with Gasteiger partial charge >= 0.3 is 0 Å². The van der Waals surface area contributed by atoms with Gasteiger partial charge in [-0.25, -0.2) is 0 Å². The molecule has 0 amide bonds. The molecule has 0 aliphatic rings. The fourth-order valence-corrected chi connectivity index (χ4v) is 2.30. The fourth-order valence-electron chi connectivity index (χ4n) is 2.30. The van der Waals surface area contributed by atoms with Crippen LogP contribution in [0.25, 0.3) is 0 Å². The van der Waals surface area contributed by atoms with Gasteiger partial charge in [-0.2, -0.15) is 0 Å². The van der Waals surface area contributed by atoms with Gasteiger partial charge in [-0.15, -0.1) is 0 Å². The van der Waals surface area contributed by atoms with Crippen LogP contribution in [-0.4, -0.2) is 6.04 Å². The molecule has 0 atom stereocenters. The van der Waals surface area contributed by atoms with Crippen molar-refractivity contribution in [3.8, 4) is 5.75 Å². The van der Waals surface area contributed by atoms with Crippen molar-refractivity contribution in [2.45, 2.75) is 46.9 Å². The molecule has 0 aliphatic carbocycles. The normalized spacial score (nSPS) is 10.9. The smallest absolute Gasteiger partial charge is 0.120 e. The standard InChI is InChI=1S/C19H25NO/c1-14(2)20-12-17-9-6-10-18(11-17)21-13-19-15(3)7-5-8-16(19)4/h5-11,14,20H,12-13H2,1-4H3. The summed E-state index contributed by atoms with van der Waals surface area (Å²) in [5.74, 6) is 0.931. The Labute approximate surface area is 128 Å². The second-order valence-electron chi connectivity index (χ2n) is 5.84. The summed E-state index contributed by atoms with van der Waals surface area (Å²) in [4.78, 5) is 0. The van der Waals surface area contributed by atoms with Crippen molar-refractivity contribution in [3.05, 3.63) is 64.7 Å². The highest BCUT2D eigenvalue weighted by molar-refractivity contribution is 5.34.